The number of methoxy groups -OCH3 is 1. The molecule has 172 valence electrons. The van der Waals surface area contributed by atoms with Gasteiger partial charge in [-0.3, -0.25) is 14.3 Å². The minimum absolute atomic E-state index is 0.100. The number of para-hydroxylation sites is 1. The van der Waals surface area contributed by atoms with Gasteiger partial charge in [-0.15, -0.1) is 0 Å². The summed E-state index contributed by atoms with van der Waals surface area (Å²) < 4.78 is 34.0. The number of ether oxygens (including phenoxy) is 1. The standard InChI is InChI=1S/C23H29N3O5S/c1-3-24-22(27)19-16-17(12-13-21(19)31-2)32(29,30)25-20-11-7-6-10-18(20)23(28)26-14-8-4-5-9-15-26/h6-7,10-13,16,25H,3-5,8-9,14-15H2,1-2H3,(H,24,27). The molecule has 3 rings (SSSR count). The summed E-state index contributed by atoms with van der Waals surface area (Å²) in [6.45, 7) is 3.48. The maximum absolute atomic E-state index is 13.1. The molecule has 2 amide bonds. The Morgan fingerprint density at radius 2 is 1.69 bits per heavy atom. The molecule has 0 aliphatic carbocycles. The fraction of sp³-hybridized carbons (Fsp3) is 0.391. The molecule has 2 aromatic rings. The number of amides is 2. The zero-order valence-electron chi connectivity index (χ0n) is 18.4. The van der Waals surface area contributed by atoms with E-state index in [-0.39, 0.29) is 27.8 Å². The monoisotopic (exact) mass is 459 g/mol. The number of benzene rings is 2. The number of hydrogen-bond acceptors (Lipinski definition) is 5. The third kappa shape index (κ3) is 5.40. The van der Waals surface area contributed by atoms with E-state index in [1.54, 1.807) is 36.1 Å². The molecule has 8 nitrogen and oxygen atoms in total. The van der Waals surface area contributed by atoms with Crippen molar-refractivity contribution in [2.45, 2.75) is 37.5 Å². The highest BCUT2D eigenvalue weighted by Crippen LogP contribution is 2.26. The van der Waals surface area contributed by atoms with Crippen LogP contribution in [0.15, 0.2) is 47.4 Å². The maximum Gasteiger partial charge on any atom is 0.261 e. The van der Waals surface area contributed by atoms with E-state index < -0.39 is 15.9 Å². The van der Waals surface area contributed by atoms with E-state index in [9.17, 15) is 18.0 Å². The van der Waals surface area contributed by atoms with Crippen LogP contribution in [0.5, 0.6) is 5.75 Å². The van der Waals surface area contributed by atoms with Crippen molar-refractivity contribution < 1.29 is 22.7 Å². The molecule has 1 saturated heterocycles. The molecule has 0 aromatic heterocycles. The second kappa shape index (κ2) is 10.5. The van der Waals surface area contributed by atoms with Crippen LogP contribution in [0.4, 0.5) is 5.69 Å². The number of anilines is 1. The van der Waals surface area contributed by atoms with Crippen LogP contribution in [0, 0.1) is 0 Å². The summed E-state index contributed by atoms with van der Waals surface area (Å²) >= 11 is 0. The minimum Gasteiger partial charge on any atom is -0.496 e. The van der Waals surface area contributed by atoms with Crippen molar-refractivity contribution in [2.24, 2.45) is 0 Å². The first-order valence-corrected chi connectivity index (χ1v) is 12.2. The van der Waals surface area contributed by atoms with Crippen molar-refractivity contribution in [3.8, 4) is 5.75 Å². The van der Waals surface area contributed by atoms with Gasteiger partial charge in [-0.1, -0.05) is 25.0 Å². The average Bonchev–Trinajstić information content (AvgIpc) is 3.08. The third-order valence-corrected chi connectivity index (χ3v) is 6.72. The summed E-state index contributed by atoms with van der Waals surface area (Å²) in [7, 11) is -2.65. The Bertz CT molecular complexity index is 1080. The third-order valence-electron chi connectivity index (χ3n) is 5.36. The summed E-state index contributed by atoms with van der Waals surface area (Å²) in [4.78, 5) is 27.1. The van der Waals surface area contributed by atoms with E-state index in [0.717, 1.165) is 25.7 Å². The fourth-order valence-electron chi connectivity index (χ4n) is 3.69. The molecular formula is C23H29N3O5S. The van der Waals surface area contributed by atoms with Crippen molar-refractivity contribution in [1.82, 2.24) is 10.2 Å². The zero-order chi connectivity index (χ0) is 23.1. The van der Waals surface area contributed by atoms with Gasteiger partial charge in [-0.2, -0.15) is 0 Å². The van der Waals surface area contributed by atoms with Gasteiger partial charge in [0.2, 0.25) is 0 Å². The van der Waals surface area contributed by atoms with E-state index in [1.807, 2.05) is 0 Å². The molecular weight excluding hydrogens is 430 g/mol. The lowest BCUT2D eigenvalue weighted by molar-refractivity contribution is 0.0762. The van der Waals surface area contributed by atoms with Crippen molar-refractivity contribution in [2.75, 3.05) is 31.5 Å². The largest absolute Gasteiger partial charge is 0.496 e. The van der Waals surface area contributed by atoms with Gasteiger partial charge in [-0.05, 0) is 50.1 Å². The number of rotatable bonds is 7. The molecule has 0 radical (unpaired) electrons. The molecule has 1 aliphatic heterocycles. The normalized spacial score (nSPS) is 14.4. The fourth-order valence-corrected chi connectivity index (χ4v) is 4.80. The molecule has 0 atom stereocenters. The van der Waals surface area contributed by atoms with Crippen molar-refractivity contribution in [3.05, 3.63) is 53.6 Å². The lowest BCUT2D eigenvalue weighted by Gasteiger charge is -2.22. The van der Waals surface area contributed by atoms with Gasteiger partial charge in [-0.25, -0.2) is 8.42 Å². The van der Waals surface area contributed by atoms with Gasteiger partial charge in [0, 0.05) is 19.6 Å². The minimum atomic E-state index is -4.06. The van der Waals surface area contributed by atoms with E-state index >= 15 is 0 Å². The quantitative estimate of drug-likeness (QED) is 0.661. The number of carbonyl (C=O) groups is 2. The highest BCUT2D eigenvalue weighted by atomic mass is 32.2. The molecule has 0 unspecified atom stereocenters. The predicted octanol–water partition coefficient (Wildman–Crippen LogP) is 3.26. The van der Waals surface area contributed by atoms with Crippen LogP contribution < -0.4 is 14.8 Å². The summed E-state index contributed by atoms with van der Waals surface area (Å²) in [5.74, 6) is -0.354. The second-order valence-electron chi connectivity index (χ2n) is 7.58. The number of nitrogens with zero attached hydrogens (tertiary/aromatic N) is 1. The van der Waals surface area contributed by atoms with Gasteiger partial charge in [0.15, 0.2) is 0 Å². The molecule has 32 heavy (non-hydrogen) atoms. The first kappa shape index (κ1) is 23.6. The SMILES string of the molecule is CCNC(=O)c1cc(S(=O)(=O)Nc2ccccc2C(=O)N2CCCCCC2)ccc1OC. The number of nitrogens with one attached hydrogen (secondary N) is 2. The van der Waals surface area contributed by atoms with Crippen LogP contribution in [0.2, 0.25) is 0 Å². The van der Waals surface area contributed by atoms with Gasteiger partial charge in [0.05, 0.1) is 28.8 Å². The summed E-state index contributed by atoms with van der Waals surface area (Å²) in [6.07, 6.45) is 4.05. The lowest BCUT2D eigenvalue weighted by Crippen LogP contribution is -2.32. The highest BCUT2D eigenvalue weighted by Gasteiger charge is 2.24. The Labute approximate surface area is 189 Å². The molecule has 0 bridgehead atoms. The molecule has 2 N–H and O–H groups in total. The first-order valence-electron chi connectivity index (χ1n) is 10.7. The van der Waals surface area contributed by atoms with E-state index in [4.69, 9.17) is 4.74 Å². The van der Waals surface area contributed by atoms with E-state index in [1.165, 1.54) is 25.3 Å². The molecule has 0 saturated carbocycles. The Morgan fingerprint density at radius 1 is 1.00 bits per heavy atom. The summed E-state index contributed by atoms with van der Waals surface area (Å²) in [5, 5.41) is 2.65. The van der Waals surface area contributed by atoms with Gasteiger partial charge < -0.3 is 15.0 Å². The molecule has 0 spiro atoms. The lowest BCUT2D eigenvalue weighted by atomic mass is 10.1. The summed E-state index contributed by atoms with van der Waals surface area (Å²) in [5.41, 5.74) is 0.624. The predicted molar refractivity (Wildman–Crippen MR) is 123 cm³/mol. The molecule has 9 heteroatoms. The van der Waals surface area contributed by atoms with Crippen LogP contribution in [0.25, 0.3) is 0 Å². The molecule has 1 fully saturated rings. The van der Waals surface area contributed by atoms with Gasteiger partial charge >= 0.3 is 0 Å². The van der Waals surface area contributed by atoms with Crippen molar-refractivity contribution in [3.63, 3.8) is 0 Å². The Morgan fingerprint density at radius 3 is 2.34 bits per heavy atom. The number of hydrogen-bond donors (Lipinski definition) is 2. The van der Waals surface area contributed by atoms with E-state index in [0.29, 0.717) is 25.2 Å². The molecule has 2 aromatic carbocycles. The van der Waals surface area contributed by atoms with Crippen molar-refractivity contribution in [1.29, 1.82) is 0 Å². The van der Waals surface area contributed by atoms with Gasteiger partial charge in [0.25, 0.3) is 21.8 Å². The number of carbonyl (C=O) groups excluding carboxylic acids is 2. The van der Waals surface area contributed by atoms with E-state index in [2.05, 4.69) is 10.0 Å². The average molecular weight is 460 g/mol. The highest BCUT2D eigenvalue weighted by molar-refractivity contribution is 7.92. The smallest absolute Gasteiger partial charge is 0.261 e. The number of sulfonamides is 1. The maximum atomic E-state index is 13.1. The molecule has 1 heterocycles. The van der Waals surface area contributed by atoms with Gasteiger partial charge in [0.1, 0.15) is 5.75 Å². The van der Waals surface area contributed by atoms with Crippen LogP contribution in [-0.2, 0) is 10.0 Å². The zero-order valence-corrected chi connectivity index (χ0v) is 19.2. The second-order valence-corrected chi connectivity index (χ2v) is 9.26. The number of likely N-dealkylation sites (tertiary alicyclic amines) is 1. The Hall–Kier alpha value is -3.07. The topological polar surface area (TPSA) is 105 Å². The van der Waals surface area contributed by atoms with Crippen molar-refractivity contribution >= 4 is 27.5 Å². The van der Waals surface area contributed by atoms with Crippen LogP contribution in [0.1, 0.15) is 53.3 Å². The first-order chi connectivity index (χ1) is 15.4. The molecule has 1 aliphatic rings. The Kier molecular flexibility index (Phi) is 7.74. The van der Waals surface area contributed by atoms with Crippen LogP contribution in [0.3, 0.4) is 0 Å². The van der Waals surface area contributed by atoms with Crippen LogP contribution in [-0.4, -0.2) is 51.9 Å². The Balaban J connectivity index is 1.91. The summed E-state index contributed by atoms with van der Waals surface area (Å²) in [6, 6.07) is 10.6. The van der Waals surface area contributed by atoms with Crippen LogP contribution >= 0.6 is 0 Å².